The van der Waals surface area contributed by atoms with Crippen molar-refractivity contribution in [2.75, 3.05) is 26.4 Å². The highest BCUT2D eigenvalue weighted by atomic mass is 16.6. The Bertz CT molecular complexity index is 128. The molecule has 2 unspecified atom stereocenters. The Morgan fingerprint density at radius 1 is 0.800 bits per heavy atom. The monoisotopic (exact) mass is 218 g/mol. The molecule has 0 aromatic carbocycles. The summed E-state index contributed by atoms with van der Waals surface area (Å²) in [5.41, 5.74) is 0. The van der Waals surface area contributed by atoms with Crippen LogP contribution in [0.4, 0.5) is 0 Å². The van der Waals surface area contributed by atoms with Gasteiger partial charge in [0.2, 0.25) is 0 Å². The Balaban J connectivity index is 3.31. The number of ether oxygens (including phenoxy) is 3. The lowest BCUT2D eigenvalue weighted by molar-refractivity contribution is -0.0567. The Morgan fingerprint density at radius 3 is 2.00 bits per heavy atom. The molecule has 0 rings (SSSR count). The summed E-state index contributed by atoms with van der Waals surface area (Å²) < 4.78 is 16.5. The van der Waals surface area contributed by atoms with Crippen LogP contribution in [0.5, 0.6) is 0 Å². The van der Waals surface area contributed by atoms with Crippen LogP contribution in [0.1, 0.15) is 40.5 Å². The Labute approximate surface area is 94.1 Å². The molecule has 0 aliphatic carbocycles. The third kappa shape index (κ3) is 10.2. The van der Waals surface area contributed by atoms with Gasteiger partial charge in [-0.3, -0.25) is 0 Å². The lowest BCUT2D eigenvalue weighted by atomic mass is 10.4. The van der Waals surface area contributed by atoms with Gasteiger partial charge in [0.1, 0.15) is 0 Å². The largest absolute Gasteiger partial charge is 0.379 e. The van der Waals surface area contributed by atoms with E-state index in [1.807, 2.05) is 13.8 Å². The lowest BCUT2D eigenvalue weighted by Crippen LogP contribution is -2.23. The minimum Gasteiger partial charge on any atom is -0.379 e. The molecular formula is C12H26O3. The summed E-state index contributed by atoms with van der Waals surface area (Å²) in [6, 6.07) is 0. The minimum atomic E-state index is 0.157. The zero-order valence-electron chi connectivity index (χ0n) is 10.6. The van der Waals surface area contributed by atoms with Crippen LogP contribution in [-0.2, 0) is 14.2 Å². The first-order valence-corrected chi connectivity index (χ1v) is 6.01. The van der Waals surface area contributed by atoms with E-state index < -0.39 is 0 Å². The maximum Gasteiger partial charge on any atom is 0.0781 e. The third-order valence-corrected chi connectivity index (χ3v) is 1.92. The molecule has 0 radical (unpaired) electrons. The van der Waals surface area contributed by atoms with Crippen LogP contribution in [-0.4, -0.2) is 38.6 Å². The van der Waals surface area contributed by atoms with Crippen LogP contribution in [0.15, 0.2) is 0 Å². The summed E-state index contributed by atoms with van der Waals surface area (Å²) in [4.78, 5) is 0. The molecule has 0 bridgehead atoms. The van der Waals surface area contributed by atoms with Gasteiger partial charge in [0, 0.05) is 13.2 Å². The van der Waals surface area contributed by atoms with Crippen molar-refractivity contribution in [3.05, 3.63) is 0 Å². The molecule has 0 aromatic heterocycles. The molecular weight excluding hydrogens is 192 g/mol. The minimum absolute atomic E-state index is 0.157. The summed E-state index contributed by atoms with van der Waals surface area (Å²) in [5.74, 6) is 0. The molecule has 92 valence electrons. The molecule has 0 aliphatic heterocycles. The van der Waals surface area contributed by atoms with Crippen LogP contribution < -0.4 is 0 Å². The van der Waals surface area contributed by atoms with Crippen molar-refractivity contribution in [3.63, 3.8) is 0 Å². The highest BCUT2D eigenvalue weighted by Gasteiger charge is 2.06. The van der Waals surface area contributed by atoms with E-state index in [0.717, 1.165) is 26.1 Å². The van der Waals surface area contributed by atoms with Crippen LogP contribution in [0, 0.1) is 0 Å². The first-order chi connectivity index (χ1) is 7.20. The van der Waals surface area contributed by atoms with E-state index in [2.05, 4.69) is 13.8 Å². The van der Waals surface area contributed by atoms with Crippen molar-refractivity contribution in [1.29, 1.82) is 0 Å². The zero-order chi connectivity index (χ0) is 11.5. The average molecular weight is 218 g/mol. The summed E-state index contributed by atoms with van der Waals surface area (Å²) in [5, 5.41) is 0. The van der Waals surface area contributed by atoms with Gasteiger partial charge in [-0.1, -0.05) is 13.8 Å². The molecule has 15 heavy (non-hydrogen) atoms. The predicted octanol–water partition coefficient (Wildman–Crippen LogP) is 2.63. The van der Waals surface area contributed by atoms with E-state index in [9.17, 15) is 0 Å². The molecule has 2 atom stereocenters. The van der Waals surface area contributed by atoms with Crippen LogP contribution in [0.25, 0.3) is 0 Å². The quantitative estimate of drug-likeness (QED) is 0.528. The third-order valence-electron chi connectivity index (χ3n) is 1.92. The first-order valence-electron chi connectivity index (χ1n) is 6.01. The summed E-state index contributed by atoms with van der Waals surface area (Å²) >= 11 is 0. The molecule has 0 amide bonds. The predicted molar refractivity (Wildman–Crippen MR) is 62.2 cm³/mol. The van der Waals surface area contributed by atoms with Gasteiger partial charge in [-0.2, -0.15) is 0 Å². The van der Waals surface area contributed by atoms with E-state index in [-0.39, 0.29) is 12.2 Å². The second kappa shape index (κ2) is 10.4. The van der Waals surface area contributed by atoms with Crippen molar-refractivity contribution in [2.45, 2.75) is 52.7 Å². The van der Waals surface area contributed by atoms with Crippen LogP contribution >= 0.6 is 0 Å². The van der Waals surface area contributed by atoms with Gasteiger partial charge in [0.05, 0.1) is 25.4 Å². The number of hydrogen-bond donors (Lipinski definition) is 0. The number of rotatable bonds is 10. The molecule has 0 saturated heterocycles. The molecule has 0 aromatic rings. The van der Waals surface area contributed by atoms with Crippen molar-refractivity contribution < 1.29 is 14.2 Å². The van der Waals surface area contributed by atoms with Crippen molar-refractivity contribution >= 4 is 0 Å². The molecule has 0 heterocycles. The van der Waals surface area contributed by atoms with Gasteiger partial charge >= 0.3 is 0 Å². The van der Waals surface area contributed by atoms with E-state index >= 15 is 0 Å². The SMILES string of the molecule is CCCOCC(C)OCC(C)OCCC. The van der Waals surface area contributed by atoms with Gasteiger partial charge in [0.15, 0.2) is 0 Å². The molecule has 3 heteroatoms. The highest BCUT2D eigenvalue weighted by Crippen LogP contribution is 1.98. The molecule has 0 aliphatic rings. The molecule has 3 nitrogen and oxygen atoms in total. The molecule has 0 spiro atoms. The Kier molecular flexibility index (Phi) is 10.3. The van der Waals surface area contributed by atoms with Crippen molar-refractivity contribution in [2.24, 2.45) is 0 Å². The maximum atomic E-state index is 5.60. The molecule has 0 N–H and O–H groups in total. The fourth-order valence-corrected chi connectivity index (χ4v) is 1.11. The van der Waals surface area contributed by atoms with E-state index in [1.54, 1.807) is 0 Å². The van der Waals surface area contributed by atoms with Crippen molar-refractivity contribution in [1.82, 2.24) is 0 Å². The van der Waals surface area contributed by atoms with E-state index in [1.165, 1.54) is 0 Å². The van der Waals surface area contributed by atoms with Gasteiger partial charge in [-0.05, 0) is 26.7 Å². The summed E-state index contributed by atoms with van der Waals surface area (Å²) in [6.45, 7) is 11.2. The summed E-state index contributed by atoms with van der Waals surface area (Å²) in [6.07, 6.45) is 2.45. The molecule has 0 fully saturated rings. The van der Waals surface area contributed by atoms with Gasteiger partial charge in [-0.15, -0.1) is 0 Å². The topological polar surface area (TPSA) is 27.7 Å². The smallest absolute Gasteiger partial charge is 0.0781 e. The fourth-order valence-electron chi connectivity index (χ4n) is 1.11. The second-order valence-electron chi connectivity index (χ2n) is 3.90. The first kappa shape index (κ1) is 14.9. The maximum absolute atomic E-state index is 5.60. The van der Waals surface area contributed by atoms with Gasteiger partial charge < -0.3 is 14.2 Å². The Hall–Kier alpha value is -0.120. The highest BCUT2D eigenvalue weighted by molar-refractivity contribution is 4.52. The van der Waals surface area contributed by atoms with E-state index in [4.69, 9.17) is 14.2 Å². The van der Waals surface area contributed by atoms with Gasteiger partial charge in [-0.25, -0.2) is 0 Å². The van der Waals surface area contributed by atoms with Gasteiger partial charge in [0.25, 0.3) is 0 Å². The normalized spacial score (nSPS) is 15.2. The van der Waals surface area contributed by atoms with Crippen molar-refractivity contribution in [3.8, 4) is 0 Å². The average Bonchev–Trinajstić information content (AvgIpc) is 2.24. The second-order valence-corrected chi connectivity index (χ2v) is 3.90. The van der Waals surface area contributed by atoms with Crippen LogP contribution in [0.3, 0.4) is 0 Å². The van der Waals surface area contributed by atoms with Crippen LogP contribution in [0.2, 0.25) is 0 Å². The Morgan fingerprint density at radius 2 is 1.40 bits per heavy atom. The lowest BCUT2D eigenvalue weighted by Gasteiger charge is -2.17. The van der Waals surface area contributed by atoms with E-state index in [0.29, 0.717) is 13.2 Å². The summed E-state index contributed by atoms with van der Waals surface area (Å²) in [7, 11) is 0. The zero-order valence-corrected chi connectivity index (χ0v) is 10.6. The molecule has 0 saturated carbocycles. The fraction of sp³-hybridized carbons (Fsp3) is 1.00. The number of hydrogen-bond acceptors (Lipinski definition) is 3. The standard InChI is InChI=1S/C12H26O3/c1-5-7-13-9-11(3)15-10-12(4)14-8-6-2/h11-12H,5-10H2,1-4H3.